The molecule has 0 aliphatic carbocycles. The Morgan fingerprint density at radius 1 is 0.960 bits per heavy atom. The summed E-state index contributed by atoms with van der Waals surface area (Å²) in [5.41, 5.74) is 6.60. The number of carbonyl (C=O) groups is 2. The van der Waals surface area contributed by atoms with Crippen LogP contribution in [0, 0.1) is 12.3 Å². The fourth-order valence-corrected chi connectivity index (χ4v) is 6.74. The lowest BCUT2D eigenvalue weighted by atomic mass is 9.87. The number of alkyl carbamates (subject to hydrolysis) is 1. The van der Waals surface area contributed by atoms with Crippen molar-refractivity contribution in [2.75, 3.05) is 41.7 Å². The van der Waals surface area contributed by atoms with Gasteiger partial charge in [-0.3, -0.25) is 9.69 Å². The minimum absolute atomic E-state index is 0.196. The molecule has 1 atom stereocenters. The number of anilines is 4. The lowest BCUT2D eigenvalue weighted by molar-refractivity contribution is -0.118. The number of pyridine rings is 2. The van der Waals surface area contributed by atoms with Crippen LogP contribution in [0.1, 0.15) is 59.2 Å². The van der Waals surface area contributed by atoms with E-state index in [1.54, 1.807) is 38.3 Å². The van der Waals surface area contributed by atoms with E-state index in [0.29, 0.717) is 17.9 Å². The van der Waals surface area contributed by atoms with E-state index in [9.17, 15) is 9.59 Å². The summed E-state index contributed by atoms with van der Waals surface area (Å²) in [6, 6.07) is 13.1. The number of halogens is 1. The van der Waals surface area contributed by atoms with Gasteiger partial charge in [-0.15, -0.1) is 11.3 Å². The maximum absolute atomic E-state index is 13.4. The van der Waals surface area contributed by atoms with E-state index in [-0.39, 0.29) is 11.3 Å². The third kappa shape index (κ3) is 10.7. The van der Waals surface area contributed by atoms with Crippen molar-refractivity contribution < 1.29 is 14.3 Å². The maximum Gasteiger partial charge on any atom is 0.408 e. The average molecular weight is 764 g/mol. The number of aryl methyl sites for hydroxylation is 1. The van der Waals surface area contributed by atoms with Crippen LogP contribution in [0.25, 0.3) is 11.1 Å². The summed E-state index contributed by atoms with van der Waals surface area (Å²) >= 11 is 5.22. The minimum atomic E-state index is -0.755. The Morgan fingerprint density at radius 3 is 2.32 bits per heavy atom. The highest BCUT2D eigenvalue weighted by atomic mass is 79.9. The summed E-state index contributed by atoms with van der Waals surface area (Å²) in [5.74, 6) is 1.36. The standard InChI is InChI=1S/C37H47BrN8O3S/c1-24-18-26(43-34(47)29(20-36(2,3)4)44-35(48)49-37(5,6)7)8-10-28(24)25-12-13-39-31(19-25)42-27-9-11-32(40-21-27)46-16-14-45(15-17-46)22-30-33(38)50-23-41-30/h8-13,18-19,21,23,29H,14-17,20,22H2,1-7H3,(H,39,42)(H,43,47)(H,44,48)/t29-/m1/s1. The molecule has 0 radical (unpaired) electrons. The van der Waals surface area contributed by atoms with E-state index in [1.807, 2.05) is 81.9 Å². The predicted molar refractivity (Wildman–Crippen MR) is 205 cm³/mol. The first-order valence-electron chi connectivity index (χ1n) is 16.8. The Balaban J connectivity index is 1.19. The van der Waals surface area contributed by atoms with Crippen molar-refractivity contribution in [2.24, 2.45) is 5.41 Å². The molecule has 266 valence electrons. The van der Waals surface area contributed by atoms with Crippen molar-refractivity contribution >= 4 is 62.3 Å². The maximum atomic E-state index is 13.4. The highest BCUT2D eigenvalue weighted by Crippen LogP contribution is 2.29. The van der Waals surface area contributed by atoms with Gasteiger partial charge in [-0.2, -0.15) is 0 Å². The van der Waals surface area contributed by atoms with Crippen LogP contribution < -0.4 is 20.9 Å². The van der Waals surface area contributed by atoms with Crippen molar-refractivity contribution in [1.82, 2.24) is 25.2 Å². The van der Waals surface area contributed by atoms with Crippen LogP contribution in [0.3, 0.4) is 0 Å². The number of nitrogens with zero attached hydrogens (tertiary/aromatic N) is 5. The quantitative estimate of drug-likeness (QED) is 0.147. The Morgan fingerprint density at radius 2 is 1.70 bits per heavy atom. The van der Waals surface area contributed by atoms with Crippen molar-refractivity contribution in [1.29, 1.82) is 0 Å². The molecule has 1 aliphatic rings. The molecule has 0 bridgehead atoms. The average Bonchev–Trinajstić information content (AvgIpc) is 3.44. The van der Waals surface area contributed by atoms with Crippen molar-refractivity contribution in [2.45, 2.75) is 73.1 Å². The van der Waals surface area contributed by atoms with Crippen LogP contribution in [-0.2, 0) is 16.1 Å². The van der Waals surface area contributed by atoms with Crippen LogP contribution in [-0.4, -0.2) is 69.7 Å². The van der Waals surface area contributed by atoms with Crippen LogP contribution in [0.5, 0.6) is 0 Å². The second-order valence-electron chi connectivity index (χ2n) is 14.8. The highest BCUT2D eigenvalue weighted by molar-refractivity contribution is 9.11. The van der Waals surface area contributed by atoms with E-state index in [0.717, 1.165) is 70.4 Å². The molecule has 13 heteroatoms. The fourth-order valence-electron chi connectivity index (χ4n) is 5.73. The Kier molecular flexibility index (Phi) is 11.8. The van der Waals surface area contributed by atoms with Gasteiger partial charge in [-0.1, -0.05) is 26.8 Å². The Labute approximate surface area is 307 Å². The van der Waals surface area contributed by atoms with Crippen LogP contribution in [0.2, 0.25) is 0 Å². The highest BCUT2D eigenvalue weighted by Gasteiger charge is 2.29. The second-order valence-corrected chi connectivity index (χ2v) is 17.0. The predicted octanol–water partition coefficient (Wildman–Crippen LogP) is 8.00. The van der Waals surface area contributed by atoms with Gasteiger partial charge in [0.1, 0.15) is 23.3 Å². The first kappa shape index (κ1) is 37.2. The monoisotopic (exact) mass is 762 g/mol. The van der Waals surface area contributed by atoms with Gasteiger partial charge in [-0.25, -0.2) is 19.7 Å². The summed E-state index contributed by atoms with van der Waals surface area (Å²) in [6.45, 7) is 18.1. The molecule has 5 rings (SSSR count). The van der Waals surface area contributed by atoms with Gasteiger partial charge in [0, 0.05) is 44.6 Å². The molecular weight excluding hydrogens is 716 g/mol. The van der Waals surface area contributed by atoms with E-state index in [1.165, 1.54) is 0 Å². The normalized spacial score (nSPS) is 14.6. The molecule has 0 unspecified atom stereocenters. The zero-order valence-electron chi connectivity index (χ0n) is 29.8. The lowest BCUT2D eigenvalue weighted by Gasteiger charge is -2.35. The molecular formula is C37H47BrN8O3S. The zero-order valence-corrected chi connectivity index (χ0v) is 32.2. The van der Waals surface area contributed by atoms with E-state index < -0.39 is 17.7 Å². The lowest BCUT2D eigenvalue weighted by Crippen LogP contribution is -2.47. The SMILES string of the molecule is Cc1cc(NC(=O)[C@@H](CC(C)(C)C)NC(=O)OC(C)(C)C)ccc1-c1ccnc(Nc2ccc(N3CCN(Cc4ncsc4Br)CC3)nc2)c1. The molecule has 0 spiro atoms. The number of hydrogen-bond acceptors (Lipinski definition) is 10. The minimum Gasteiger partial charge on any atom is -0.444 e. The van der Waals surface area contributed by atoms with E-state index >= 15 is 0 Å². The second kappa shape index (κ2) is 15.9. The van der Waals surface area contributed by atoms with Crippen molar-refractivity contribution in [3.63, 3.8) is 0 Å². The zero-order chi connectivity index (χ0) is 36.1. The van der Waals surface area contributed by atoms with Gasteiger partial charge in [0.2, 0.25) is 5.91 Å². The molecule has 1 fully saturated rings. The van der Waals surface area contributed by atoms with E-state index in [2.05, 4.69) is 51.6 Å². The molecule has 4 aromatic rings. The number of nitrogens with one attached hydrogen (secondary N) is 3. The van der Waals surface area contributed by atoms with Gasteiger partial charge in [0.15, 0.2) is 0 Å². The summed E-state index contributed by atoms with van der Waals surface area (Å²) in [6.07, 6.45) is 3.45. The number of rotatable bonds is 10. The molecule has 2 amide bonds. The van der Waals surface area contributed by atoms with Crippen LogP contribution >= 0.6 is 27.3 Å². The molecule has 1 saturated heterocycles. The van der Waals surface area contributed by atoms with Gasteiger partial charge in [-0.05, 0) is 109 Å². The van der Waals surface area contributed by atoms with Crippen molar-refractivity contribution in [3.8, 4) is 11.1 Å². The largest absolute Gasteiger partial charge is 0.444 e. The summed E-state index contributed by atoms with van der Waals surface area (Å²) in [4.78, 5) is 44.3. The molecule has 1 aliphatic heterocycles. The first-order valence-corrected chi connectivity index (χ1v) is 18.4. The summed E-state index contributed by atoms with van der Waals surface area (Å²) < 4.78 is 6.52. The van der Waals surface area contributed by atoms with Crippen LogP contribution in [0.4, 0.5) is 27.8 Å². The Hall–Kier alpha value is -4.07. The molecule has 11 nitrogen and oxygen atoms in total. The smallest absolute Gasteiger partial charge is 0.408 e. The summed E-state index contributed by atoms with van der Waals surface area (Å²) in [5, 5.41) is 9.13. The number of carbonyl (C=O) groups excluding carboxylic acids is 2. The number of thiazole rings is 1. The molecule has 0 saturated carbocycles. The van der Waals surface area contributed by atoms with Gasteiger partial charge in [0.05, 0.1) is 26.9 Å². The number of ether oxygens (including phenoxy) is 1. The number of benzene rings is 1. The van der Waals surface area contributed by atoms with Gasteiger partial charge >= 0.3 is 6.09 Å². The fraction of sp³-hybridized carbons (Fsp3) is 0.432. The van der Waals surface area contributed by atoms with Crippen molar-refractivity contribution in [3.05, 3.63) is 75.4 Å². The summed E-state index contributed by atoms with van der Waals surface area (Å²) in [7, 11) is 0. The molecule has 3 N–H and O–H groups in total. The number of aromatic nitrogens is 3. The Bertz CT molecular complexity index is 1780. The first-order chi connectivity index (χ1) is 23.6. The molecule has 1 aromatic carbocycles. The van der Waals surface area contributed by atoms with Crippen LogP contribution in [0.15, 0.2) is 64.2 Å². The van der Waals surface area contributed by atoms with Gasteiger partial charge < -0.3 is 25.6 Å². The third-order valence-corrected chi connectivity index (χ3v) is 9.74. The topological polar surface area (TPSA) is 125 Å². The number of amides is 2. The molecule has 4 heterocycles. The van der Waals surface area contributed by atoms with Gasteiger partial charge in [0.25, 0.3) is 0 Å². The number of hydrogen-bond donors (Lipinski definition) is 3. The molecule has 50 heavy (non-hydrogen) atoms. The van der Waals surface area contributed by atoms with E-state index in [4.69, 9.17) is 9.72 Å². The molecule has 3 aromatic heterocycles. The third-order valence-electron chi connectivity index (χ3n) is 8.07. The number of piperazine rings is 1.